The Morgan fingerprint density at radius 2 is 2.42 bits per heavy atom. The van der Waals surface area contributed by atoms with Crippen molar-refractivity contribution in [2.75, 3.05) is 6.54 Å². The molecular weight excluding hydrogens is 150 g/mol. The van der Waals surface area contributed by atoms with Crippen LogP contribution in [0.15, 0.2) is 0 Å². The third-order valence-corrected chi connectivity index (χ3v) is 1.94. The average molecular weight is 161 g/mol. The van der Waals surface area contributed by atoms with Crippen molar-refractivity contribution in [2.45, 2.75) is 25.8 Å². The van der Waals surface area contributed by atoms with Gasteiger partial charge < -0.3 is 4.90 Å². The highest BCUT2D eigenvalue weighted by Crippen LogP contribution is 2.15. The van der Waals surface area contributed by atoms with Gasteiger partial charge in [-0.3, -0.25) is 4.79 Å². The van der Waals surface area contributed by atoms with Crippen LogP contribution in [0.2, 0.25) is 0 Å². The van der Waals surface area contributed by atoms with E-state index in [9.17, 15) is 4.79 Å². The minimum absolute atomic E-state index is 0.0293. The first-order valence-electron chi connectivity index (χ1n) is 3.99. The van der Waals surface area contributed by atoms with Gasteiger partial charge in [0.2, 0.25) is 0 Å². The molecule has 0 saturated carbocycles. The zero-order chi connectivity index (χ0) is 8.97. The van der Waals surface area contributed by atoms with Crippen LogP contribution in [0.5, 0.6) is 0 Å². The summed E-state index contributed by atoms with van der Waals surface area (Å²) in [6.07, 6.45) is 7.17. The van der Waals surface area contributed by atoms with E-state index in [2.05, 4.69) is 17.8 Å². The molecule has 0 bridgehead atoms. The second kappa shape index (κ2) is 3.83. The maximum atomic E-state index is 11.3. The monoisotopic (exact) mass is 161 g/mol. The maximum Gasteiger partial charge on any atom is 0.299 e. The fourth-order valence-corrected chi connectivity index (χ4v) is 1.36. The molecule has 0 spiro atoms. The fraction of sp³-hybridized carbons (Fsp3) is 0.500. The summed E-state index contributed by atoms with van der Waals surface area (Å²) in [6.45, 7) is 2.40. The first-order valence-corrected chi connectivity index (χ1v) is 3.99. The Labute approximate surface area is 72.9 Å². The molecular formula is C10H11NO. The molecule has 62 valence electrons. The Kier molecular flexibility index (Phi) is 2.77. The Bertz CT molecular complexity index is 276. The molecule has 12 heavy (non-hydrogen) atoms. The van der Waals surface area contributed by atoms with Gasteiger partial charge in [0, 0.05) is 6.54 Å². The number of carbonyl (C=O) groups excluding carboxylic acids is 1. The number of nitrogens with zero attached hydrogens (tertiary/aromatic N) is 1. The van der Waals surface area contributed by atoms with Crippen molar-refractivity contribution in [2.24, 2.45) is 0 Å². The zero-order valence-corrected chi connectivity index (χ0v) is 7.13. The molecule has 0 radical (unpaired) electrons. The quantitative estimate of drug-likeness (QED) is 0.477. The molecule has 0 aromatic carbocycles. The fourth-order valence-electron chi connectivity index (χ4n) is 1.36. The summed E-state index contributed by atoms with van der Waals surface area (Å²) < 4.78 is 0. The molecule has 1 rings (SSSR count). The lowest BCUT2D eigenvalue weighted by Crippen LogP contribution is -2.33. The highest BCUT2D eigenvalue weighted by atomic mass is 16.2. The van der Waals surface area contributed by atoms with Crippen LogP contribution < -0.4 is 0 Å². The van der Waals surface area contributed by atoms with Crippen molar-refractivity contribution >= 4 is 5.91 Å². The largest absolute Gasteiger partial charge is 0.318 e. The maximum absolute atomic E-state index is 11.3. The van der Waals surface area contributed by atoms with E-state index in [1.165, 1.54) is 0 Å². The van der Waals surface area contributed by atoms with Gasteiger partial charge in [-0.15, -0.1) is 6.42 Å². The Morgan fingerprint density at radius 3 is 3.00 bits per heavy atom. The van der Waals surface area contributed by atoms with Crippen molar-refractivity contribution < 1.29 is 4.79 Å². The number of terminal acetylenes is 1. The van der Waals surface area contributed by atoms with Gasteiger partial charge in [0.25, 0.3) is 5.91 Å². The molecule has 2 nitrogen and oxygen atoms in total. The van der Waals surface area contributed by atoms with Crippen LogP contribution >= 0.6 is 0 Å². The number of amides is 1. The predicted molar refractivity (Wildman–Crippen MR) is 47.0 cm³/mol. The van der Waals surface area contributed by atoms with Crippen LogP contribution in [0.1, 0.15) is 19.8 Å². The third-order valence-electron chi connectivity index (χ3n) is 1.94. The smallest absolute Gasteiger partial charge is 0.299 e. The minimum Gasteiger partial charge on any atom is -0.318 e. The van der Waals surface area contributed by atoms with Crippen LogP contribution in [0.4, 0.5) is 0 Å². The molecule has 1 fully saturated rings. The Hall–Kier alpha value is -1.41. The van der Waals surface area contributed by atoms with Crippen molar-refractivity contribution in [1.29, 1.82) is 0 Å². The van der Waals surface area contributed by atoms with Crippen LogP contribution in [0.3, 0.4) is 0 Å². The van der Waals surface area contributed by atoms with Crippen molar-refractivity contribution in [3.8, 4) is 24.2 Å². The molecule has 1 amide bonds. The zero-order valence-electron chi connectivity index (χ0n) is 7.13. The summed E-state index contributed by atoms with van der Waals surface area (Å²) in [4.78, 5) is 12.9. The molecule has 0 unspecified atom stereocenters. The third kappa shape index (κ3) is 1.60. The van der Waals surface area contributed by atoms with E-state index in [0.717, 1.165) is 19.4 Å². The van der Waals surface area contributed by atoms with Crippen LogP contribution in [-0.4, -0.2) is 23.4 Å². The van der Waals surface area contributed by atoms with Crippen molar-refractivity contribution in [3.63, 3.8) is 0 Å². The molecule has 0 aliphatic carbocycles. The standard InChI is InChI=1S/C10H11NO/c1-3-6-10(12)11-8-5-7-9(11)4-2/h2,9H,5,7-8H2,1H3/t9-/m1/s1. The van der Waals surface area contributed by atoms with Gasteiger partial charge in [-0.25, -0.2) is 0 Å². The summed E-state index contributed by atoms with van der Waals surface area (Å²) in [6, 6.07) is -0.0293. The molecule has 1 aliphatic heterocycles. The number of likely N-dealkylation sites (tertiary alicyclic amines) is 1. The highest BCUT2D eigenvalue weighted by molar-refractivity contribution is 5.94. The highest BCUT2D eigenvalue weighted by Gasteiger charge is 2.25. The normalized spacial score (nSPS) is 21.0. The number of hydrogen-bond acceptors (Lipinski definition) is 1. The first-order chi connectivity index (χ1) is 5.79. The Balaban J connectivity index is 2.67. The van der Waals surface area contributed by atoms with E-state index in [1.807, 2.05) is 0 Å². The van der Waals surface area contributed by atoms with E-state index in [-0.39, 0.29) is 11.9 Å². The molecule has 0 N–H and O–H groups in total. The van der Waals surface area contributed by atoms with E-state index in [4.69, 9.17) is 6.42 Å². The van der Waals surface area contributed by atoms with Gasteiger partial charge in [-0.2, -0.15) is 0 Å². The topological polar surface area (TPSA) is 20.3 Å². The van der Waals surface area contributed by atoms with Crippen LogP contribution in [0.25, 0.3) is 0 Å². The van der Waals surface area contributed by atoms with Gasteiger partial charge in [0.05, 0.1) is 6.04 Å². The van der Waals surface area contributed by atoms with E-state index >= 15 is 0 Å². The van der Waals surface area contributed by atoms with E-state index in [1.54, 1.807) is 11.8 Å². The molecule has 1 aliphatic rings. The summed E-state index contributed by atoms with van der Waals surface area (Å²) in [5.74, 6) is 7.52. The Morgan fingerprint density at radius 1 is 1.67 bits per heavy atom. The lowest BCUT2D eigenvalue weighted by Gasteiger charge is -2.16. The lowest BCUT2D eigenvalue weighted by molar-refractivity contribution is -0.125. The van der Waals surface area contributed by atoms with Gasteiger partial charge in [0.1, 0.15) is 0 Å². The SMILES string of the molecule is C#C[C@@H]1CCCN1C(=O)C#CC. The first kappa shape index (κ1) is 8.68. The molecule has 1 saturated heterocycles. The molecule has 1 heterocycles. The summed E-state index contributed by atoms with van der Waals surface area (Å²) in [5, 5.41) is 0. The average Bonchev–Trinajstić information content (AvgIpc) is 2.51. The van der Waals surface area contributed by atoms with Gasteiger partial charge in [-0.1, -0.05) is 11.8 Å². The van der Waals surface area contributed by atoms with Crippen molar-refractivity contribution in [3.05, 3.63) is 0 Å². The molecule has 1 atom stereocenters. The van der Waals surface area contributed by atoms with E-state index < -0.39 is 0 Å². The number of rotatable bonds is 0. The van der Waals surface area contributed by atoms with Crippen LogP contribution in [-0.2, 0) is 4.79 Å². The number of carbonyl (C=O) groups is 1. The van der Waals surface area contributed by atoms with Gasteiger partial charge in [-0.05, 0) is 25.7 Å². The molecule has 2 heteroatoms. The predicted octanol–water partition coefficient (Wildman–Crippen LogP) is 0.634. The van der Waals surface area contributed by atoms with Gasteiger partial charge in [0.15, 0.2) is 0 Å². The minimum atomic E-state index is -0.141. The summed E-state index contributed by atoms with van der Waals surface area (Å²) in [5.41, 5.74) is 0. The van der Waals surface area contributed by atoms with E-state index in [0.29, 0.717) is 0 Å². The summed E-state index contributed by atoms with van der Waals surface area (Å²) >= 11 is 0. The summed E-state index contributed by atoms with van der Waals surface area (Å²) in [7, 11) is 0. The number of hydrogen-bond donors (Lipinski definition) is 0. The second-order valence-corrected chi connectivity index (χ2v) is 2.70. The second-order valence-electron chi connectivity index (χ2n) is 2.70. The molecule has 0 aromatic heterocycles. The molecule has 0 aromatic rings. The lowest BCUT2D eigenvalue weighted by atomic mass is 10.2. The van der Waals surface area contributed by atoms with Gasteiger partial charge >= 0.3 is 0 Å². The van der Waals surface area contributed by atoms with Crippen molar-refractivity contribution in [1.82, 2.24) is 4.90 Å². The van der Waals surface area contributed by atoms with Crippen LogP contribution in [0, 0.1) is 24.2 Å².